The van der Waals surface area contributed by atoms with Crippen molar-refractivity contribution < 1.29 is 0 Å². The summed E-state index contributed by atoms with van der Waals surface area (Å²) in [6.45, 7) is 13.6. The SMILES string of the molecule is CN1CCC2(CCN(CC(C)(C)C)C2)C1. The summed E-state index contributed by atoms with van der Waals surface area (Å²) in [5.41, 5.74) is 1.11. The minimum atomic E-state index is 0.454. The summed E-state index contributed by atoms with van der Waals surface area (Å²) < 4.78 is 0. The van der Waals surface area contributed by atoms with Crippen LogP contribution in [0.2, 0.25) is 0 Å². The summed E-state index contributed by atoms with van der Waals surface area (Å²) in [6, 6.07) is 0. The Labute approximate surface area is 94.6 Å². The van der Waals surface area contributed by atoms with Gasteiger partial charge in [0.15, 0.2) is 0 Å². The van der Waals surface area contributed by atoms with Crippen LogP contribution in [0, 0.1) is 10.8 Å². The van der Waals surface area contributed by atoms with Crippen LogP contribution in [0.5, 0.6) is 0 Å². The topological polar surface area (TPSA) is 6.48 Å². The molecule has 0 aromatic carbocycles. The average Bonchev–Trinajstić information content (AvgIpc) is 2.58. The van der Waals surface area contributed by atoms with E-state index < -0.39 is 0 Å². The van der Waals surface area contributed by atoms with Crippen molar-refractivity contribution in [3.8, 4) is 0 Å². The monoisotopic (exact) mass is 210 g/mol. The molecule has 2 fully saturated rings. The molecule has 0 radical (unpaired) electrons. The molecular weight excluding hydrogens is 184 g/mol. The van der Waals surface area contributed by atoms with Crippen molar-refractivity contribution in [3.05, 3.63) is 0 Å². The van der Waals surface area contributed by atoms with E-state index in [9.17, 15) is 0 Å². The zero-order valence-electron chi connectivity index (χ0n) is 10.8. The van der Waals surface area contributed by atoms with E-state index in [0.717, 1.165) is 0 Å². The number of rotatable bonds is 1. The van der Waals surface area contributed by atoms with Gasteiger partial charge in [-0.2, -0.15) is 0 Å². The molecule has 0 aromatic rings. The molecule has 2 rings (SSSR count). The lowest BCUT2D eigenvalue weighted by atomic mass is 9.86. The van der Waals surface area contributed by atoms with Gasteiger partial charge in [-0.1, -0.05) is 20.8 Å². The van der Waals surface area contributed by atoms with Crippen molar-refractivity contribution in [2.75, 3.05) is 39.8 Å². The van der Waals surface area contributed by atoms with Gasteiger partial charge in [-0.15, -0.1) is 0 Å². The third-order valence-electron chi connectivity index (χ3n) is 3.84. The van der Waals surface area contributed by atoms with Gasteiger partial charge < -0.3 is 9.80 Å². The standard InChI is InChI=1S/C13H26N2/c1-12(2,3)9-15-8-6-13(11-15)5-7-14(4)10-13/h5-11H2,1-4H3. The molecule has 1 unspecified atom stereocenters. The lowest BCUT2D eigenvalue weighted by molar-refractivity contribution is 0.198. The average molecular weight is 210 g/mol. The fourth-order valence-electron chi connectivity index (χ4n) is 3.33. The van der Waals surface area contributed by atoms with Crippen LogP contribution in [-0.4, -0.2) is 49.6 Å². The second-order valence-electron chi connectivity index (χ2n) is 7.01. The van der Waals surface area contributed by atoms with Crippen LogP contribution in [0.1, 0.15) is 33.6 Å². The van der Waals surface area contributed by atoms with Gasteiger partial charge in [0.05, 0.1) is 0 Å². The van der Waals surface area contributed by atoms with E-state index in [-0.39, 0.29) is 0 Å². The molecule has 1 spiro atoms. The minimum Gasteiger partial charge on any atom is -0.306 e. The Hall–Kier alpha value is -0.0800. The van der Waals surface area contributed by atoms with Crippen LogP contribution < -0.4 is 0 Å². The second-order valence-corrected chi connectivity index (χ2v) is 7.01. The molecule has 0 saturated carbocycles. The first kappa shape index (κ1) is 11.4. The fourth-order valence-corrected chi connectivity index (χ4v) is 3.33. The first-order valence-electron chi connectivity index (χ1n) is 6.30. The zero-order chi connectivity index (χ0) is 11.1. The molecule has 0 N–H and O–H groups in total. The molecule has 0 aliphatic carbocycles. The first-order valence-corrected chi connectivity index (χ1v) is 6.30. The number of hydrogen-bond acceptors (Lipinski definition) is 2. The van der Waals surface area contributed by atoms with Gasteiger partial charge in [0.2, 0.25) is 0 Å². The van der Waals surface area contributed by atoms with Gasteiger partial charge in [-0.25, -0.2) is 0 Å². The summed E-state index contributed by atoms with van der Waals surface area (Å²) in [5, 5.41) is 0. The molecule has 15 heavy (non-hydrogen) atoms. The van der Waals surface area contributed by atoms with E-state index in [1.165, 1.54) is 45.6 Å². The largest absolute Gasteiger partial charge is 0.306 e. The normalized spacial score (nSPS) is 34.4. The minimum absolute atomic E-state index is 0.454. The molecular formula is C13H26N2. The van der Waals surface area contributed by atoms with Gasteiger partial charge >= 0.3 is 0 Å². The molecule has 88 valence electrons. The molecule has 2 nitrogen and oxygen atoms in total. The fraction of sp³-hybridized carbons (Fsp3) is 1.00. The molecule has 2 aliphatic rings. The summed E-state index contributed by atoms with van der Waals surface area (Å²) in [7, 11) is 2.27. The summed E-state index contributed by atoms with van der Waals surface area (Å²) in [6.07, 6.45) is 2.84. The maximum atomic E-state index is 2.68. The van der Waals surface area contributed by atoms with Crippen molar-refractivity contribution in [2.45, 2.75) is 33.6 Å². The molecule has 0 amide bonds. The number of hydrogen-bond donors (Lipinski definition) is 0. The highest BCUT2D eigenvalue weighted by Gasteiger charge is 2.42. The maximum absolute atomic E-state index is 2.68. The zero-order valence-corrected chi connectivity index (χ0v) is 10.8. The van der Waals surface area contributed by atoms with Crippen LogP contribution in [0.15, 0.2) is 0 Å². The van der Waals surface area contributed by atoms with E-state index in [1.807, 2.05) is 0 Å². The molecule has 2 heteroatoms. The maximum Gasteiger partial charge on any atom is 0.00514 e. The Kier molecular flexibility index (Phi) is 2.85. The van der Waals surface area contributed by atoms with Crippen LogP contribution in [-0.2, 0) is 0 Å². The predicted octanol–water partition coefficient (Wildman–Crippen LogP) is 2.06. The molecule has 2 aliphatic heterocycles. The number of likely N-dealkylation sites (tertiary alicyclic amines) is 2. The van der Waals surface area contributed by atoms with Crippen molar-refractivity contribution in [1.29, 1.82) is 0 Å². The first-order chi connectivity index (χ1) is 6.89. The Morgan fingerprint density at radius 3 is 2.27 bits per heavy atom. The third kappa shape index (κ3) is 2.73. The Balaban J connectivity index is 1.90. The Bertz CT molecular complexity index is 231. The van der Waals surface area contributed by atoms with Gasteiger partial charge in [0.25, 0.3) is 0 Å². The highest BCUT2D eigenvalue weighted by molar-refractivity contribution is 4.96. The predicted molar refractivity (Wildman–Crippen MR) is 65.1 cm³/mol. The smallest absolute Gasteiger partial charge is 0.00514 e. The second kappa shape index (κ2) is 3.74. The highest BCUT2D eigenvalue weighted by Crippen LogP contribution is 2.39. The third-order valence-corrected chi connectivity index (χ3v) is 3.84. The lowest BCUT2D eigenvalue weighted by Crippen LogP contribution is -2.34. The molecule has 0 bridgehead atoms. The quantitative estimate of drug-likeness (QED) is 0.653. The Morgan fingerprint density at radius 1 is 1.07 bits per heavy atom. The van der Waals surface area contributed by atoms with E-state index in [4.69, 9.17) is 0 Å². The van der Waals surface area contributed by atoms with Gasteiger partial charge in [-0.05, 0) is 43.8 Å². The number of nitrogens with zero attached hydrogens (tertiary/aromatic N) is 2. The summed E-state index contributed by atoms with van der Waals surface area (Å²) >= 11 is 0. The van der Waals surface area contributed by atoms with Crippen LogP contribution in [0.3, 0.4) is 0 Å². The molecule has 1 atom stereocenters. The molecule has 2 heterocycles. The van der Waals surface area contributed by atoms with Crippen LogP contribution in [0.4, 0.5) is 0 Å². The summed E-state index contributed by atoms with van der Waals surface area (Å²) in [4.78, 5) is 5.18. The van der Waals surface area contributed by atoms with Crippen LogP contribution in [0.25, 0.3) is 0 Å². The van der Waals surface area contributed by atoms with E-state index >= 15 is 0 Å². The lowest BCUT2D eigenvalue weighted by Gasteiger charge is -2.28. The molecule has 2 saturated heterocycles. The van der Waals surface area contributed by atoms with Gasteiger partial charge in [-0.3, -0.25) is 0 Å². The van der Waals surface area contributed by atoms with Crippen molar-refractivity contribution >= 4 is 0 Å². The van der Waals surface area contributed by atoms with E-state index in [2.05, 4.69) is 37.6 Å². The van der Waals surface area contributed by atoms with Crippen molar-refractivity contribution in [3.63, 3.8) is 0 Å². The van der Waals surface area contributed by atoms with Gasteiger partial charge in [0.1, 0.15) is 0 Å². The molecule has 0 aromatic heterocycles. The van der Waals surface area contributed by atoms with Gasteiger partial charge in [0, 0.05) is 19.6 Å². The Morgan fingerprint density at radius 2 is 1.73 bits per heavy atom. The van der Waals surface area contributed by atoms with Crippen LogP contribution >= 0.6 is 0 Å². The van der Waals surface area contributed by atoms with E-state index in [0.29, 0.717) is 10.8 Å². The van der Waals surface area contributed by atoms with Crippen molar-refractivity contribution in [1.82, 2.24) is 9.80 Å². The van der Waals surface area contributed by atoms with E-state index in [1.54, 1.807) is 0 Å². The highest BCUT2D eigenvalue weighted by atomic mass is 15.2. The summed E-state index contributed by atoms with van der Waals surface area (Å²) in [5.74, 6) is 0. The van der Waals surface area contributed by atoms with Crippen molar-refractivity contribution in [2.24, 2.45) is 10.8 Å².